The van der Waals surface area contributed by atoms with Crippen molar-refractivity contribution in [2.75, 3.05) is 33.9 Å². The molecular formula is C36H44N4O8. The molecule has 2 aliphatic rings. The monoisotopic (exact) mass is 660 g/mol. The quantitative estimate of drug-likeness (QED) is 0.167. The third kappa shape index (κ3) is 5.88. The van der Waals surface area contributed by atoms with Gasteiger partial charge >= 0.3 is 11.9 Å². The van der Waals surface area contributed by atoms with E-state index in [1.807, 2.05) is 24.3 Å². The van der Waals surface area contributed by atoms with Crippen molar-refractivity contribution in [1.82, 2.24) is 10.2 Å². The van der Waals surface area contributed by atoms with Gasteiger partial charge in [-0.1, -0.05) is 36.4 Å². The van der Waals surface area contributed by atoms with Crippen LogP contribution in [0.15, 0.2) is 72.8 Å². The second-order valence-electron chi connectivity index (χ2n) is 13.2. The van der Waals surface area contributed by atoms with Gasteiger partial charge in [-0.2, -0.15) is 0 Å². The van der Waals surface area contributed by atoms with Gasteiger partial charge in [-0.25, -0.2) is 0 Å². The molecule has 2 heterocycles. The van der Waals surface area contributed by atoms with Crippen molar-refractivity contribution in [1.29, 1.82) is 0 Å². The molecule has 0 bridgehead atoms. The molecular weight excluding hydrogens is 616 g/mol. The summed E-state index contributed by atoms with van der Waals surface area (Å²) in [6, 6.07) is 21.1. The molecule has 0 saturated carbocycles. The lowest BCUT2D eigenvalue weighted by Crippen LogP contribution is -2.72. The highest BCUT2D eigenvalue weighted by Crippen LogP contribution is 2.56. The van der Waals surface area contributed by atoms with Crippen LogP contribution in [0.4, 0.5) is 5.69 Å². The van der Waals surface area contributed by atoms with Gasteiger partial charge < -0.3 is 30.3 Å². The summed E-state index contributed by atoms with van der Waals surface area (Å²) in [7, 11) is 3.27. The average molecular weight is 661 g/mol. The van der Waals surface area contributed by atoms with Crippen LogP contribution in [-0.4, -0.2) is 78.0 Å². The van der Waals surface area contributed by atoms with E-state index in [1.165, 1.54) is 25.1 Å². The third-order valence-corrected chi connectivity index (χ3v) is 11.1. The third-order valence-electron chi connectivity index (χ3n) is 11.1. The molecule has 256 valence electrons. The molecule has 5 atom stereocenters. The number of hydrogen-bond acceptors (Lipinski definition) is 9. The Balaban J connectivity index is 1.48. The van der Waals surface area contributed by atoms with E-state index in [-0.39, 0.29) is 23.1 Å². The number of carboxylic acid groups (broad SMARTS) is 2. The van der Waals surface area contributed by atoms with E-state index in [0.717, 1.165) is 35.5 Å². The molecule has 12 nitrogen and oxygen atoms in total. The molecule has 3 aromatic rings. The Morgan fingerprint density at radius 1 is 0.958 bits per heavy atom. The van der Waals surface area contributed by atoms with Gasteiger partial charge in [0.15, 0.2) is 0 Å². The first-order valence-electron chi connectivity index (χ1n) is 16.1. The van der Waals surface area contributed by atoms with Gasteiger partial charge in [0.1, 0.15) is 16.9 Å². The van der Waals surface area contributed by atoms with Gasteiger partial charge in [-0.05, 0) is 93.7 Å². The fraction of sp³-hybridized carbons (Fsp3) is 0.444. The Labute approximate surface area is 280 Å². The van der Waals surface area contributed by atoms with Gasteiger partial charge in [-0.15, -0.1) is 0 Å². The molecule has 2 saturated heterocycles. The number of piperidine rings is 2. The number of hydrogen-bond donors (Lipinski definition) is 4. The van der Waals surface area contributed by atoms with Crippen LogP contribution in [0, 0.1) is 20.9 Å². The Bertz CT molecular complexity index is 1590. The summed E-state index contributed by atoms with van der Waals surface area (Å²) in [5, 5.41) is 36.4. The number of non-ortho nitro benzene ring substituents is 1. The summed E-state index contributed by atoms with van der Waals surface area (Å²) >= 11 is 0. The van der Waals surface area contributed by atoms with Crippen LogP contribution < -0.4 is 20.5 Å². The minimum Gasteiger partial charge on any atom is -0.497 e. The maximum Gasteiger partial charge on any atom is 0.312 e. The van der Waals surface area contributed by atoms with Gasteiger partial charge in [-0.3, -0.25) is 25.0 Å². The first kappa shape index (κ1) is 34.8. The average Bonchev–Trinajstić information content (AvgIpc) is 3.09. The predicted octanol–water partition coefficient (Wildman–Crippen LogP) is 4.61. The number of aliphatic carboxylic acids is 2. The number of nitrogens with one attached hydrogen (secondary N) is 1. The van der Waals surface area contributed by atoms with E-state index in [1.54, 1.807) is 27.2 Å². The SMILES string of the molecule is COc1ccc(C2(c3ccc(OC)cc3)CCN(CCC3(C(=O)O)C(C)N[C@@H](N)C(C)(C(=O)O)C3c3cccc([N+](=O)[O-])c3)CC2)cc1. The van der Waals surface area contributed by atoms with Crippen molar-refractivity contribution in [3.8, 4) is 11.5 Å². The fourth-order valence-electron chi connectivity index (χ4n) is 8.12. The van der Waals surface area contributed by atoms with Crippen LogP contribution in [0.3, 0.4) is 0 Å². The number of rotatable bonds is 11. The Kier molecular flexibility index (Phi) is 9.82. The number of methoxy groups -OCH3 is 2. The lowest BCUT2D eigenvalue weighted by molar-refractivity contribution is -0.385. The van der Waals surface area contributed by atoms with Crippen molar-refractivity contribution >= 4 is 17.6 Å². The lowest BCUT2D eigenvalue weighted by Gasteiger charge is -2.56. The van der Waals surface area contributed by atoms with Crippen molar-refractivity contribution in [3.05, 3.63) is 99.6 Å². The molecule has 2 fully saturated rings. The zero-order valence-corrected chi connectivity index (χ0v) is 27.7. The second-order valence-corrected chi connectivity index (χ2v) is 13.2. The first-order chi connectivity index (χ1) is 22.8. The zero-order chi connectivity index (χ0) is 34.9. The molecule has 2 aliphatic heterocycles. The Hall–Kier alpha value is -4.52. The highest BCUT2D eigenvalue weighted by Gasteiger charge is 2.65. The molecule has 0 spiro atoms. The topological polar surface area (TPSA) is 177 Å². The van der Waals surface area contributed by atoms with Gasteiger partial charge in [0, 0.05) is 29.5 Å². The molecule has 5 rings (SSSR count). The summed E-state index contributed by atoms with van der Waals surface area (Å²) in [6.07, 6.45) is 0.501. The van der Waals surface area contributed by atoms with Gasteiger partial charge in [0.2, 0.25) is 0 Å². The zero-order valence-electron chi connectivity index (χ0n) is 27.7. The number of ether oxygens (including phenoxy) is 2. The van der Waals surface area contributed by atoms with Crippen LogP contribution in [0.1, 0.15) is 55.7 Å². The summed E-state index contributed by atoms with van der Waals surface area (Å²) in [5.41, 5.74) is 4.99. The number of nitro benzene ring substituents is 1. The number of nitro groups is 1. The summed E-state index contributed by atoms with van der Waals surface area (Å²) < 4.78 is 10.8. The first-order valence-corrected chi connectivity index (χ1v) is 16.1. The Morgan fingerprint density at radius 2 is 1.50 bits per heavy atom. The molecule has 0 amide bonds. The molecule has 3 aromatic carbocycles. The minimum absolute atomic E-state index is 0.0948. The normalized spacial score (nSPS) is 27.1. The largest absolute Gasteiger partial charge is 0.497 e. The number of benzene rings is 3. The number of carbonyl (C=O) groups is 2. The van der Waals surface area contributed by atoms with E-state index in [0.29, 0.717) is 19.6 Å². The van der Waals surface area contributed by atoms with Crippen molar-refractivity contribution < 1.29 is 34.2 Å². The van der Waals surface area contributed by atoms with Crippen LogP contribution in [0.2, 0.25) is 0 Å². The summed E-state index contributed by atoms with van der Waals surface area (Å²) in [5.74, 6) is -2.10. The smallest absolute Gasteiger partial charge is 0.312 e. The molecule has 4 unspecified atom stereocenters. The molecule has 0 aromatic heterocycles. The van der Waals surface area contributed by atoms with Crippen LogP contribution in [0.25, 0.3) is 0 Å². The molecule has 12 heteroatoms. The summed E-state index contributed by atoms with van der Waals surface area (Å²) in [4.78, 5) is 39.8. The van der Waals surface area contributed by atoms with E-state index in [4.69, 9.17) is 15.2 Å². The highest BCUT2D eigenvalue weighted by molar-refractivity contribution is 5.84. The van der Waals surface area contributed by atoms with Crippen molar-refractivity contribution in [2.45, 2.75) is 56.7 Å². The van der Waals surface area contributed by atoms with Crippen molar-refractivity contribution in [3.63, 3.8) is 0 Å². The van der Waals surface area contributed by atoms with E-state index < -0.39 is 45.8 Å². The molecule has 0 radical (unpaired) electrons. The molecule has 48 heavy (non-hydrogen) atoms. The number of nitrogens with two attached hydrogens (primary N) is 1. The molecule has 0 aliphatic carbocycles. The number of carboxylic acids is 2. The molecule has 5 N–H and O–H groups in total. The Morgan fingerprint density at radius 3 is 1.96 bits per heavy atom. The maximum absolute atomic E-state index is 13.5. The lowest BCUT2D eigenvalue weighted by atomic mass is 9.52. The van der Waals surface area contributed by atoms with E-state index >= 15 is 0 Å². The van der Waals surface area contributed by atoms with Crippen LogP contribution >= 0.6 is 0 Å². The maximum atomic E-state index is 13.5. The standard InChI is InChI=1S/C36H44N4O8/c1-23-36(33(43)44,30(34(2,32(41)42)31(37)38-23)24-6-5-7-27(22-24)40(45)46)18-21-39-19-16-35(17-20-39,25-8-12-28(47-3)13-9-25)26-10-14-29(48-4)15-11-26/h5-15,22-23,30-31,38H,16-21,37H2,1-4H3,(H,41,42)(H,43,44)/t23?,30?,31-,34?,36?/m1/s1. The summed E-state index contributed by atoms with van der Waals surface area (Å²) in [6.45, 7) is 4.82. The van der Waals surface area contributed by atoms with E-state index in [2.05, 4.69) is 34.5 Å². The van der Waals surface area contributed by atoms with Crippen LogP contribution in [0.5, 0.6) is 11.5 Å². The minimum atomic E-state index is -1.79. The number of nitrogens with zero attached hydrogens (tertiary/aromatic N) is 2. The second kappa shape index (κ2) is 13.5. The highest BCUT2D eigenvalue weighted by atomic mass is 16.6. The predicted molar refractivity (Wildman–Crippen MR) is 179 cm³/mol. The number of likely N-dealkylation sites (tertiary alicyclic amines) is 1. The van der Waals surface area contributed by atoms with E-state index in [9.17, 15) is 29.9 Å². The van der Waals surface area contributed by atoms with Gasteiger partial charge in [0.05, 0.1) is 30.7 Å². The fourth-order valence-corrected chi connectivity index (χ4v) is 8.12. The van der Waals surface area contributed by atoms with Gasteiger partial charge in [0.25, 0.3) is 5.69 Å². The van der Waals surface area contributed by atoms with Crippen LogP contribution in [-0.2, 0) is 15.0 Å². The van der Waals surface area contributed by atoms with Crippen molar-refractivity contribution in [2.24, 2.45) is 16.6 Å².